The van der Waals surface area contributed by atoms with Crippen LogP contribution in [0.2, 0.25) is 0 Å². The Balaban J connectivity index is 1.91. The summed E-state index contributed by atoms with van der Waals surface area (Å²) in [4.78, 5) is 0. The van der Waals surface area contributed by atoms with E-state index in [9.17, 15) is 8.42 Å². The van der Waals surface area contributed by atoms with Crippen LogP contribution in [0.1, 0.15) is 51.2 Å². The molecule has 0 bridgehead atoms. The summed E-state index contributed by atoms with van der Waals surface area (Å²) >= 11 is 0. The first-order chi connectivity index (χ1) is 11.3. The first-order valence-corrected chi connectivity index (χ1v) is 10.3. The van der Waals surface area contributed by atoms with Crippen LogP contribution in [0.3, 0.4) is 0 Å². The first kappa shape index (κ1) is 19.2. The van der Waals surface area contributed by atoms with Gasteiger partial charge in [-0.15, -0.1) is 0 Å². The van der Waals surface area contributed by atoms with Gasteiger partial charge >= 0.3 is 0 Å². The fourth-order valence-corrected chi connectivity index (χ4v) is 3.90. The quantitative estimate of drug-likeness (QED) is 0.792. The van der Waals surface area contributed by atoms with Gasteiger partial charge in [-0.1, -0.05) is 37.3 Å². The van der Waals surface area contributed by atoms with Crippen molar-refractivity contribution >= 4 is 15.6 Å². The first-order valence-electron chi connectivity index (χ1n) is 8.80. The standard InChI is InChI=1S/C19H30N2O2S/c1-14(2)24(22,23)21-13-15(3)17-8-10-19(11-9-17)18-6-4-16(12-20)5-7-18/h4-7,10,14-15,17,21H,8-9,11-13,20H2,1-3H3. The topological polar surface area (TPSA) is 72.2 Å². The Labute approximate surface area is 146 Å². The Morgan fingerprint density at radius 1 is 1.21 bits per heavy atom. The van der Waals surface area contributed by atoms with Crippen LogP contribution in [0, 0.1) is 11.8 Å². The third-order valence-corrected chi connectivity index (χ3v) is 6.85. The molecule has 134 valence electrons. The Morgan fingerprint density at radius 2 is 1.88 bits per heavy atom. The predicted octanol–water partition coefficient (Wildman–Crippen LogP) is 3.29. The van der Waals surface area contributed by atoms with Crippen LogP contribution in [0.15, 0.2) is 30.3 Å². The third kappa shape index (κ3) is 4.91. The van der Waals surface area contributed by atoms with Gasteiger partial charge in [0.1, 0.15) is 0 Å². The minimum absolute atomic E-state index is 0.343. The van der Waals surface area contributed by atoms with Crippen LogP contribution in [0.5, 0.6) is 0 Å². The molecule has 1 aliphatic rings. The fraction of sp³-hybridized carbons (Fsp3) is 0.579. The highest BCUT2D eigenvalue weighted by Crippen LogP contribution is 2.33. The van der Waals surface area contributed by atoms with E-state index in [0.717, 1.165) is 24.8 Å². The molecule has 0 aromatic heterocycles. The Morgan fingerprint density at radius 3 is 2.38 bits per heavy atom. The minimum Gasteiger partial charge on any atom is -0.326 e. The third-order valence-electron chi connectivity index (χ3n) is 5.04. The zero-order valence-corrected chi connectivity index (χ0v) is 15.8. The van der Waals surface area contributed by atoms with Gasteiger partial charge in [-0.2, -0.15) is 0 Å². The normalized spacial score (nSPS) is 20.0. The highest BCUT2D eigenvalue weighted by Gasteiger charge is 2.23. The summed E-state index contributed by atoms with van der Waals surface area (Å²) in [6.07, 6.45) is 5.49. The molecule has 0 saturated carbocycles. The molecular formula is C19H30N2O2S. The Bertz CT molecular complexity index is 663. The van der Waals surface area contributed by atoms with Crippen molar-refractivity contribution in [2.45, 2.75) is 51.8 Å². The number of allylic oxidation sites excluding steroid dienone is 2. The molecule has 1 aliphatic carbocycles. The summed E-state index contributed by atoms with van der Waals surface area (Å²) in [5.74, 6) is 0.878. The smallest absolute Gasteiger partial charge is 0.213 e. The van der Waals surface area contributed by atoms with E-state index in [1.165, 1.54) is 11.1 Å². The maximum Gasteiger partial charge on any atom is 0.213 e. The second-order valence-electron chi connectivity index (χ2n) is 7.08. The van der Waals surface area contributed by atoms with Crippen molar-refractivity contribution in [2.75, 3.05) is 6.54 Å². The molecule has 2 atom stereocenters. The van der Waals surface area contributed by atoms with Crippen molar-refractivity contribution in [3.05, 3.63) is 41.5 Å². The zero-order chi connectivity index (χ0) is 17.7. The van der Waals surface area contributed by atoms with Gasteiger partial charge in [-0.3, -0.25) is 0 Å². The van der Waals surface area contributed by atoms with Crippen molar-refractivity contribution in [3.8, 4) is 0 Å². The number of benzene rings is 1. The lowest BCUT2D eigenvalue weighted by atomic mass is 9.80. The van der Waals surface area contributed by atoms with Gasteiger partial charge in [-0.25, -0.2) is 13.1 Å². The van der Waals surface area contributed by atoms with Crippen LogP contribution in [-0.4, -0.2) is 20.2 Å². The summed E-state index contributed by atoms with van der Waals surface area (Å²) < 4.78 is 26.5. The molecule has 0 aliphatic heterocycles. The molecule has 1 aromatic carbocycles. The maximum absolute atomic E-state index is 11.9. The van der Waals surface area contributed by atoms with Crippen molar-refractivity contribution in [3.63, 3.8) is 0 Å². The molecule has 0 fully saturated rings. The average Bonchev–Trinajstić information content (AvgIpc) is 2.60. The van der Waals surface area contributed by atoms with E-state index in [1.54, 1.807) is 13.8 Å². The van der Waals surface area contributed by atoms with Crippen LogP contribution >= 0.6 is 0 Å². The lowest BCUT2D eigenvalue weighted by molar-refractivity contribution is 0.334. The predicted molar refractivity (Wildman–Crippen MR) is 101 cm³/mol. The average molecular weight is 351 g/mol. The van der Waals surface area contributed by atoms with Crippen LogP contribution in [-0.2, 0) is 16.6 Å². The van der Waals surface area contributed by atoms with E-state index in [2.05, 4.69) is 42.0 Å². The van der Waals surface area contributed by atoms with E-state index >= 15 is 0 Å². The zero-order valence-electron chi connectivity index (χ0n) is 15.0. The van der Waals surface area contributed by atoms with Crippen LogP contribution < -0.4 is 10.5 Å². The van der Waals surface area contributed by atoms with Gasteiger partial charge in [-0.05, 0) is 61.6 Å². The van der Waals surface area contributed by atoms with Crippen molar-refractivity contribution in [1.29, 1.82) is 0 Å². The molecule has 24 heavy (non-hydrogen) atoms. The van der Waals surface area contributed by atoms with Gasteiger partial charge in [0, 0.05) is 13.1 Å². The van der Waals surface area contributed by atoms with Crippen molar-refractivity contribution < 1.29 is 8.42 Å². The van der Waals surface area contributed by atoms with Crippen LogP contribution in [0.4, 0.5) is 0 Å². The molecule has 5 heteroatoms. The molecular weight excluding hydrogens is 320 g/mol. The van der Waals surface area contributed by atoms with Crippen LogP contribution in [0.25, 0.3) is 5.57 Å². The Kier molecular flexibility index (Phi) is 6.61. The number of nitrogens with two attached hydrogens (primary N) is 1. The Hall–Kier alpha value is -1.17. The molecule has 1 aromatic rings. The van der Waals surface area contributed by atoms with E-state index < -0.39 is 10.0 Å². The monoisotopic (exact) mass is 350 g/mol. The van der Waals surface area contributed by atoms with E-state index in [-0.39, 0.29) is 5.25 Å². The number of hydrogen-bond donors (Lipinski definition) is 2. The molecule has 2 rings (SSSR count). The molecule has 0 amide bonds. The van der Waals surface area contributed by atoms with Crippen molar-refractivity contribution in [1.82, 2.24) is 4.72 Å². The summed E-state index contributed by atoms with van der Waals surface area (Å²) in [5, 5.41) is -0.376. The van der Waals surface area contributed by atoms with E-state index in [4.69, 9.17) is 5.73 Å². The molecule has 0 saturated heterocycles. The second-order valence-corrected chi connectivity index (χ2v) is 9.41. The lowest BCUT2D eigenvalue weighted by Gasteiger charge is -2.28. The van der Waals surface area contributed by atoms with Gasteiger partial charge in [0.2, 0.25) is 10.0 Å². The van der Waals surface area contributed by atoms with Gasteiger partial charge < -0.3 is 5.73 Å². The summed E-state index contributed by atoms with van der Waals surface area (Å²) in [6, 6.07) is 8.47. The number of hydrogen-bond acceptors (Lipinski definition) is 3. The van der Waals surface area contributed by atoms with Gasteiger partial charge in [0.05, 0.1) is 5.25 Å². The summed E-state index contributed by atoms with van der Waals surface area (Å²) in [7, 11) is -3.17. The minimum atomic E-state index is -3.17. The summed E-state index contributed by atoms with van der Waals surface area (Å²) in [5.41, 5.74) is 9.47. The molecule has 0 heterocycles. The maximum atomic E-state index is 11.9. The highest BCUT2D eigenvalue weighted by molar-refractivity contribution is 7.90. The molecule has 0 radical (unpaired) electrons. The molecule has 0 spiro atoms. The van der Waals surface area contributed by atoms with Crippen molar-refractivity contribution in [2.24, 2.45) is 17.6 Å². The summed E-state index contributed by atoms with van der Waals surface area (Å²) in [6.45, 7) is 6.66. The molecule has 4 nitrogen and oxygen atoms in total. The van der Waals surface area contributed by atoms with Gasteiger partial charge in [0.25, 0.3) is 0 Å². The lowest BCUT2D eigenvalue weighted by Crippen LogP contribution is -2.36. The van der Waals surface area contributed by atoms with E-state index in [1.807, 2.05) is 0 Å². The number of rotatable bonds is 7. The van der Waals surface area contributed by atoms with E-state index in [0.29, 0.717) is 24.9 Å². The SMILES string of the molecule is CC(CNS(=O)(=O)C(C)C)C1CC=C(c2ccc(CN)cc2)CC1. The second kappa shape index (κ2) is 8.28. The molecule has 2 unspecified atom stereocenters. The molecule has 3 N–H and O–H groups in total. The fourth-order valence-electron chi connectivity index (χ4n) is 3.07. The number of sulfonamides is 1. The van der Waals surface area contributed by atoms with Gasteiger partial charge in [0.15, 0.2) is 0 Å². The number of nitrogens with one attached hydrogen (secondary N) is 1. The largest absolute Gasteiger partial charge is 0.326 e. The highest BCUT2D eigenvalue weighted by atomic mass is 32.2.